The molecule has 1 fully saturated rings. The number of hydrogen-bond acceptors (Lipinski definition) is 3. The van der Waals surface area contributed by atoms with E-state index in [1.54, 1.807) is 19.2 Å². The molecule has 0 aliphatic carbocycles. The number of carbonyl (C=O) groups is 1. The average Bonchev–Trinajstić information content (AvgIpc) is 2.99. The van der Waals surface area contributed by atoms with Gasteiger partial charge in [-0.1, -0.05) is 103 Å². The Kier molecular flexibility index (Phi) is 8.82. The summed E-state index contributed by atoms with van der Waals surface area (Å²) in [5.41, 5.74) is 4.25. The Balaban J connectivity index is 1.47. The molecular weight excluding hydrogens is 487 g/mol. The monoisotopic (exact) mass is 522 g/mol. The summed E-state index contributed by atoms with van der Waals surface area (Å²) >= 11 is 0. The van der Waals surface area contributed by atoms with Gasteiger partial charge in [0.1, 0.15) is 5.82 Å². The van der Waals surface area contributed by atoms with E-state index in [9.17, 15) is 9.18 Å². The van der Waals surface area contributed by atoms with E-state index < -0.39 is 6.10 Å². The smallest absolute Gasteiger partial charge is 0.256 e. The van der Waals surface area contributed by atoms with Gasteiger partial charge in [0.2, 0.25) is 0 Å². The first-order chi connectivity index (χ1) is 19.1. The van der Waals surface area contributed by atoms with Crippen LogP contribution in [0.3, 0.4) is 0 Å². The molecule has 1 N–H and O–H groups in total. The van der Waals surface area contributed by atoms with Gasteiger partial charge in [0, 0.05) is 38.2 Å². The molecule has 1 saturated heterocycles. The van der Waals surface area contributed by atoms with Gasteiger partial charge in [-0.05, 0) is 47.2 Å². The molecule has 1 heterocycles. The number of nitrogens with one attached hydrogen (secondary N) is 1. The predicted molar refractivity (Wildman–Crippen MR) is 153 cm³/mol. The largest absolute Gasteiger partial charge is 0.367 e. The number of hydrogen-bond donors (Lipinski definition) is 1. The van der Waals surface area contributed by atoms with Crippen LogP contribution in [0.15, 0.2) is 115 Å². The zero-order chi connectivity index (χ0) is 27.0. The maximum absolute atomic E-state index is 14.3. The zero-order valence-corrected chi connectivity index (χ0v) is 22.2. The number of nitrogens with zero attached hydrogens (tertiary/aromatic N) is 1. The summed E-state index contributed by atoms with van der Waals surface area (Å²) < 4.78 is 19.2. The number of halogens is 1. The molecule has 5 heteroatoms. The van der Waals surface area contributed by atoms with Crippen LogP contribution in [0, 0.1) is 5.82 Å². The van der Waals surface area contributed by atoms with Gasteiger partial charge in [-0.3, -0.25) is 4.79 Å². The molecule has 5 rings (SSSR count). The lowest BCUT2D eigenvalue weighted by Gasteiger charge is -2.45. The van der Waals surface area contributed by atoms with Gasteiger partial charge >= 0.3 is 0 Å². The van der Waals surface area contributed by atoms with Gasteiger partial charge in [0.05, 0.1) is 0 Å². The van der Waals surface area contributed by atoms with Crippen LogP contribution in [0.5, 0.6) is 0 Å². The third-order valence-electron chi connectivity index (χ3n) is 7.68. The van der Waals surface area contributed by atoms with Crippen LogP contribution in [0.1, 0.15) is 47.1 Å². The van der Waals surface area contributed by atoms with Crippen molar-refractivity contribution in [2.24, 2.45) is 0 Å². The maximum atomic E-state index is 14.3. The number of carbonyl (C=O) groups excluding carboxylic acids is 1. The molecule has 0 unspecified atom stereocenters. The number of ether oxygens (including phenoxy) is 1. The molecule has 4 nitrogen and oxygen atoms in total. The van der Waals surface area contributed by atoms with E-state index >= 15 is 0 Å². The topological polar surface area (TPSA) is 41.6 Å². The Hall–Kier alpha value is -3.80. The van der Waals surface area contributed by atoms with Gasteiger partial charge in [-0.25, -0.2) is 4.39 Å². The summed E-state index contributed by atoms with van der Waals surface area (Å²) in [5, 5.41) is 3.62. The van der Waals surface area contributed by atoms with Crippen LogP contribution in [0.25, 0.3) is 0 Å². The molecule has 3 atom stereocenters. The van der Waals surface area contributed by atoms with Crippen LogP contribution in [0.4, 0.5) is 4.39 Å². The molecule has 0 aromatic heterocycles. The fourth-order valence-electron chi connectivity index (χ4n) is 5.74. The summed E-state index contributed by atoms with van der Waals surface area (Å²) in [6.07, 6.45) is 1.08. The summed E-state index contributed by atoms with van der Waals surface area (Å²) in [4.78, 5) is 16.3. The highest BCUT2D eigenvalue weighted by Gasteiger charge is 2.40. The quantitative estimate of drug-likeness (QED) is 0.273. The minimum absolute atomic E-state index is 0.0288. The minimum Gasteiger partial charge on any atom is -0.367 e. The highest BCUT2D eigenvalue weighted by Crippen LogP contribution is 2.37. The SMILES string of the molecule is CO[C@@H](C(=O)N1C[C@@H](NCc2ccc(F)cc2)CC[C@H]1C(c1ccccc1)c1ccccc1)c1ccccc1. The third-order valence-corrected chi connectivity index (χ3v) is 7.68. The highest BCUT2D eigenvalue weighted by atomic mass is 19.1. The number of rotatable bonds is 9. The fourth-order valence-corrected chi connectivity index (χ4v) is 5.74. The summed E-state index contributed by atoms with van der Waals surface area (Å²) in [5.74, 6) is -0.239. The first-order valence-electron chi connectivity index (χ1n) is 13.6. The van der Waals surface area contributed by atoms with Gasteiger partial charge in [0.15, 0.2) is 6.10 Å². The Labute approximate surface area is 230 Å². The molecule has 1 aliphatic rings. The van der Waals surface area contributed by atoms with Crippen molar-refractivity contribution in [2.75, 3.05) is 13.7 Å². The van der Waals surface area contributed by atoms with Crippen molar-refractivity contribution in [1.82, 2.24) is 10.2 Å². The van der Waals surface area contributed by atoms with E-state index in [2.05, 4.69) is 53.8 Å². The minimum atomic E-state index is -0.684. The number of piperidine rings is 1. The van der Waals surface area contributed by atoms with Crippen molar-refractivity contribution in [3.05, 3.63) is 143 Å². The maximum Gasteiger partial charge on any atom is 0.256 e. The molecule has 0 saturated carbocycles. The van der Waals surface area contributed by atoms with Gasteiger partial charge < -0.3 is 15.0 Å². The van der Waals surface area contributed by atoms with E-state index in [-0.39, 0.29) is 29.7 Å². The summed E-state index contributed by atoms with van der Waals surface area (Å²) in [6.45, 7) is 1.18. The Morgan fingerprint density at radius 3 is 1.90 bits per heavy atom. The summed E-state index contributed by atoms with van der Waals surface area (Å²) in [7, 11) is 1.60. The van der Waals surface area contributed by atoms with Crippen LogP contribution >= 0.6 is 0 Å². The third kappa shape index (κ3) is 6.44. The Bertz CT molecular complexity index is 1280. The Morgan fingerprint density at radius 1 is 0.821 bits per heavy atom. The molecular formula is C34H35FN2O2. The molecule has 39 heavy (non-hydrogen) atoms. The summed E-state index contributed by atoms with van der Waals surface area (Å²) in [6, 6.07) is 37.3. The normalized spacial score (nSPS) is 18.2. The van der Waals surface area contributed by atoms with Crippen molar-refractivity contribution in [2.45, 2.75) is 43.5 Å². The second-order valence-corrected chi connectivity index (χ2v) is 10.2. The Morgan fingerprint density at radius 2 is 1.36 bits per heavy atom. The molecule has 0 bridgehead atoms. The van der Waals surface area contributed by atoms with E-state index in [0.29, 0.717) is 13.1 Å². The van der Waals surface area contributed by atoms with E-state index in [0.717, 1.165) is 24.0 Å². The van der Waals surface area contributed by atoms with Crippen molar-refractivity contribution in [1.29, 1.82) is 0 Å². The zero-order valence-electron chi connectivity index (χ0n) is 22.2. The second-order valence-electron chi connectivity index (χ2n) is 10.2. The average molecular weight is 523 g/mol. The second kappa shape index (κ2) is 12.8. The van der Waals surface area contributed by atoms with Crippen LogP contribution in [-0.2, 0) is 16.1 Å². The van der Waals surface area contributed by atoms with Crippen molar-refractivity contribution in [3.63, 3.8) is 0 Å². The fraction of sp³-hybridized carbons (Fsp3) is 0.265. The number of likely N-dealkylation sites (tertiary alicyclic amines) is 1. The van der Waals surface area contributed by atoms with E-state index in [1.807, 2.05) is 47.4 Å². The van der Waals surface area contributed by atoms with Crippen LogP contribution < -0.4 is 5.32 Å². The first kappa shape index (κ1) is 26.8. The van der Waals surface area contributed by atoms with E-state index in [1.165, 1.54) is 23.3 Å². The molecule has 1 amide bonds. The molecule has 4 aromatic carbocycles. The van der Waals surface area contributed by atoms with E-state index in [4.69, 9.17) is 4.74 Å². The lowest BCUT2D eigenvalue weighted by molar-refractivity contribution is -0.147. The van der Waals surface area contributed by atoms with Crippen molar-refractivity contribution >= 4 is 5.91 Å². The van der Waals surface area contributed by atoms with Crippen LogP contribution in [-0.4, -0.2) is 36.5 Å². The number of amides is 1. The van der Waals surface area contributed by atoms with Crippen molar-refractivity contribution < 1.29 is 13.9 Å². The first-order valence-corrected chi connectivity index (χ1v) is 13.6. The van der Waals surface area contributed by atoms with Crippen molar-refractivity contribution in [3.8, 4) is 0 Å². The molecule has 0 radical (unpaired) electrons. The highest BCUT2D eigenvalue weighted by molar-refractivity contribution is 5.83. The van der Waals surface area contributed by atoms with Gasteiger partial charge in [-0.15, -0.1) is 0 Å². The predicted octanol–water partition coefficient (Wildman–Crippen LogP) is 6.49. The number of methoxy groups -OCH3 is 1. The molecule has 200 valence electrons. The molecule has 1 aliphatic heterocycles. The van der Waals surface area contributed by atoms with Gasteiger partial charge in [-0.2, -0.15) is 0 Å². The lowest BCUT2D eigenvalue weighted by Crippen LogP contribution is -2.55. The molecule has 4 aromatic rings. The lowest BCUT2D eigenvalue weighted by atomic mass is 9.79. The standard InChI is InChI=1S/C34H35FN2O2/c1-39-33(28-15-9-4-10-16-28)34(38)37-24-30(36-23-25-17-19-29(35)20-18-25)21-22-31(37)32(26-11-5-2-6-12-26)27-13-7-3-8-14-27/h2-20,30-33,36H,21-24H2,1H3/t30-,31-,33+/m0/s1. The molecule has 0 spiro atoms. The van der Waals surface area contributed by atoms with Gasteiger partial charge in [0.25, 0.3) is 5.91 Å². The number of benzene rings is 4. The van der Waals surface area contributed by atoms with Crippen LogP contribution in [0.2, 0.25) is 0 Å².